The second-order valence-corrected chi connectivity index (χ2v) is 3.45. The molecule has 0 aromatic rings. The molecule has 1 saturated carbocycles. The number of hydrogen-bond acceptors (Lipinski definition) is 3. The highest BCUT2D eigenvalue weighted by Gasteiger charge is 2.24. The Morgan fingerprint density at radius 1 is 1.64 bits per heavy atom. The third kappa shape index (κ3) is 2.81. The van der Waals surface area contributed by atoms with E-state index in [2.05, 4.69) is 5.23 Å². The van der Waals surface area contributed by atoms with Gasteiger partial charge in [-0.15, -0.1) is 0 Å². The Morgan fingerprint density at radius 3 is 2.82 bits per heavy atom. The molecular formula is C7H17BN2O. The summed E-state index contributed by atoms with van der Waals surface area (Å²) in [6, 6.07) is 0.489. The fourth-order valence-corrected chi connectivity index (χ4v) is 1.78. The zero-order valence-electron chi connectivity index (χ0n) is 7.09. The summed E-state index contributed by atoms with van der Waals surface area (Å²) < 4.78 is 0. The van der Waals surface area contributed by atoms with Crippen molar-refractivity contribution in [3.8, 4) is 0 Å². The minimum Gasteiger partial charge on any atom is -0.437 e. The lowest BCUT2D eigenvalue weighted by atomic mass is 9.87. The molecule has 0 amide bonds. The molecule has 0 aromatic carbocycles. The van der Waals surface area contributed by atoms with Gasteiger partial charge in [0.2, 0.25) is 0 Å². The van der Waals surface area contributed by atoms with E-state index in [0.717, 1.165) is 19.4 Å². The van der Waals surface area contributed by atoms with Crippen molar-refractivity contribution >= 4 is 7.05 Å². The van der Waals surface area contributed by atoms with Gasteiger partial charge in [0.25, 0.3) is 0 Å². The molecule has 0 radical (unpaired) electrons. The van der Waals surface area contributed by atoms with Crippen molar-refractivity contribution in [3.05, 3.63) is 0 Å². The van der Waals surface area contributed by atoms with Crippen LogP contribution in [-0.4, -0.2) is 24.7 Å². The molecule has 0 heterocycles. The maximum Gasteiger partial charge on any atom is 0.373 e. The standard InChI is InChI=1S/C7H17BN2O/c1-8(11)10-7-3-2-6(4-7)5-9/h6-7,10-11H,2-5,9H2,1H3/t6-,7+/m0/s1. The first-order chi connectivity index (χ1) is 5.22. The first-order valence-corrected chi connectivity index (χ1v) is 4.36. The van der Waals surface area contributed by atoms with Crippen LogP contribution in [0.15, 0.2) is 0 Å². The molecule has 4 N–H and O–H groups in total. The minimum atomic E-state index is -0.378. The Balaban J connectivity index is 2.19. The maximum atomic E-state index is 9.03. The van der Waals surface area contributed by atoms with E-state index in [4.69, 9.17) is 10.8 Å². The van der Waals surface area contributed by atoms with Gasteiger partial charge in [-0.2, -0.15) is 0 Å². The zero-order valence-corrected chi connectivity index (χ0v) is 7.09. The smallest absolute Gasteiger partial charge is 0.373 e. The molecule has 0 unspecified atom stereocenters. The van der Waals surface area contributed by atoms with E-state index in [1.165, 1.54) is 6.42 Å². The molecule has 64 valence electrons. The van der Waals surface area contributed by atoms with Crippen LogP contribution in [-0.2, 0) is 0 Å². The Bertz CT molecular complexity index is 121. The van der Waals surface area contributed by atoms with Crippen molar-refractivity contribution in [2.45, 2.75) is 32.1 Å². The van der Waals surface area contributed by atoms with Crippen LogP contribution in [0.4, 0.5) is 0 Å². The van der Waals surface area contributed by atoms with Gasteiger partial charge in [-0.3, -0.25) is 0 Å². The zero-order chi connectivity index (χ0) is 8.27. The lowest BCUT2D eigenvalue weighted by Gasteiger charge is -2.12. The quantitative estimate of drug-likeness (QED) is 0.496. The Kier molecular flexibility index (Phi) is 3.36. The van der Waals surface area contributed by atoms with Crippen LogP contribution in [0.3, 0.4) is 0 Å². The predicted molar refractivity (Wildman–Crippen MR) is 47.2 cm³/mol. The molecule has 3 nitrogen and oxygen atoms in total. The van der Waals surface area contributed by atoms with Crippen LogP contribution >= 0.6 is 0 Å². The summed E-state index contributed by atoms with van der Waals surface area (Å²) in [4.78, 5) is 0. The Labute approximate surface area is 68.5 Å². The number of nitrogens with two attached hydrogens (primary N) is 1. The minimum absolute atomic E-state index is 0.378. The lowest BCUT2D eigenvalue weighted by molar-refractivity contribution is 0.500. The molecule has 0 bridgehead atoms. The number of nitrogens with one attached hydrogen (secondary N) is 1. The Morgan fingerprint density at radius 2 is 2.36 bits per heavy atom. The van der Waals surface area contributed by atoms with Crippen molar-refractivity contribution in [2.24, 2.45) is 11.7 Å². The monoisotopic (exact) mass is 156 g/mol. The molecule has 1 aliphatic carbocycles. The molecule has 0 spiro atoms. The third-order valence-electron chi connectivity index (χ3n) is 2.35. The maximum absolute atomic E-state index is 9.03. The van der Waals surface area contributed by atoms with E-state index in [0.29, 0.717) is 12.0 Å². The molecule has 1 aliphatic rings. The van der Waals surface area contributed by atoms with Gasteiger partial charge in [-0.1, -0.05) is 0 Å². The van der Waals surface area contributed by atoms with E-state index < -0.39 is 0 Å². The molecule has 1 fully saturated rings. The molecular weight excluding hydrogens is 139 g/mol. The van der Waals surface area contributed by atoms with E-state index in [-0.39, 0.29) is 7.05 Å². The van der Waals surface area contributed by atoms with Crippen molar-refractivity contribution in [1.29, 1.82) is 0 Å². The van der Waals surface area contributed by atoms with Crippen LogP contribution in [0.1, 0.15) is 19.3 Å². The fraction of sp³-hybridized carbons (Fsp3) is 1.00. The number of rotatable bonds is 3. The normalized spacial score (nSPS) is 30.8. The largest absolute Gasteiger partial charge is 0.437 e. The molecule has 0 saturated heterocycles. The van der Waals surface area contributed by atoms with Gasteiger partial charge in [0.05, 0.1) is 0 Å². The average Bonchev–Trinajstić information content (AvgIpc) is 2.34. The molecule has 0 aliphatic heterocycles. The summed E-state index contributed by atoms with van der Waals surface area (Å²) in [5, 5.41) is 12.1. The SMILES string of the molecule is CB(O)N[C@@H]1CC[C@H](CN)C1. The van der Waals surface area contributed by atoms with Gasteiger partial charge in [-0.25, -0.2) is 0 Å². The van der Waals surface area contributed by atoms with Crippen LogP contribution in [0.2, 0.25) is 6.82 Å². The van der Waals surface area contributed by atoms with E-state index in [1.807, 2.05) is 0 Å². The summed E-state index contributed by atoms with van der Waals surface area (Å²) in [6.07, 6.45) is 3.50. The molecule has 4 heteroatoms. The van der Waals surface area contributed by atoms with Crippen molar-refractivity contribution in [2.75, 3.05) is 6.54 Å². The van der Waals surface area contributed by atoms with Gasteiger partial charge < -0.3 is 16.0 Å². The predicted octanol–water partition coefficient (Wildman–Crippen LogP) is -0.186. The van der Waals surface area contributed by atoms with Gasteiger partial charge >= 0.3 is 7.05 Å². The summed E-state index contributed by atoms with van der Waals surface area (Å²) >= 11 is 0. The average molecular weight is 156 g/mol. The highest BCUT2D eigenvalue weighted by molar-refractivity contribution is 6.45. The Hall–Kier alpha value is -0.0551. The number of hydrogen-bond donors (Lipinski definition) is 3. The van der Waals surface area contributed by atoms with Gasteiger partial charge in [0, 0.05) is 0 Å². The van der Waals surface area contributed by atoms with Crippen LogP contribution in [0, 0.1) is 5.92 Å². The first kappa shape index (κ1) is 9.04. The van der Waals surface area contributed by atoms with Gasteiger partial charge in [-0.05, 0) is 44.6 Å². The van der Waals surface area contributed by atoms with Crippen molar-refractivity contribution in [3.63, 3.8) is 0 Å². The second-order valence-electron chi connectivity index (χ2n) is 3.45. The highest BCUT2D eigenvalue weighted by atomic mass is 16.2. The summed E-state index contributed by atoms with van der Waals surface area (Å²) in [5.74, 6) is 0.672. The summed E-state index contributed by atoms with van der Waals surface area (Å²) in [6.45, 7) is 2.55. The van der Waals surface area contributed by atoms with Crippen LogP contribution in [0.5, 0.6) is 0 Å². The molecule has 11 heavy (non-hydrogen) atoms. The fourth-order valence-electron chi connectivity index (χ4n) is 1.78. The molecule has 2 atom stereocenters. The second kappa shape index (κ2) is 4.09. The summed E-state index contributed by atoms with van der Waals surface area (Å²) in [7, 11) is -0.378. The summed E-state index contributed by atoms with van der Waals surface area (Å²) in [5.41, 5.74) is 5.54. The highest BCUT2D eigenvalue weighted by Crippen LogP contribution is 2.24. The van der Waals surface area contributed by atoms with Gasteiger partial charge in [0.1, 0.15) is 0 Å². The van der Waals surface area contributed by atoms with E-state index in [1.54, 1.807) is 6.82 Å². The molecule has 1 rings (SSSR count). The van der Waals surface area contributed by atoms with Crippen LogP contribution in [0.25, 0.3) is 0 Å². The van der Waals surface area contributed by atoms with Gasteiger partial charge in [0.15, 0.2) is 0 Å². The van der Waals surface area contributed by atoms with E-state index >= 15 is 0 Å². The van der Waals surface area contributed by atoms with E-state index in [9.17, 15) is 0 Å². The first-order valence-electron chi connectivity index (χ1n) is 4.36. The topological polar surface area (TPSA) is 58.3 Å². The van der Waals surface area contributed by atoms with Crippen LogP contribution < -0.4 is 11.0 Å². The molecule has 0 aromatic heterocycles. The lowest BCUT2D eigenvalue weighted by Crippen LogP contribution is -2.38. The van der Waals surface area contributed by atoms with Crippen molar-refractivity contribution in [1.82, 2.24) is 5.23 Å². The van der Waals surface area contributed by atoms with Crippen molar-refractivity contribution < 1.29 is 5.02 Å². The third-order valence-corrected chi connectivity index (χ3v) is 2.35.